The fourth-order valence-corrected chi connectivity index (χ4v) is 3.74. The van der Waals surface area contributed by atoms with E-state index in [1.807, 2.05) is 19.2 Å². The Hall–Kier alpha value is -3.53. The summed E-state index contributed by atoms with van der Waals surface area (Å²) in [5.41, 5.74) is 3.16. The molecule has 0 spiro atoms. The minimum atomic E-state index is 0.266. The third kappa shape index (κ3) is 3.93. The van der Waals surface area contributed by atoms with Crippen LogP contribution in [0, 0.1) is 6.92 Å². The molecule has 4 aromatic rings. The second kappa shape index (κ2) is 8.31. The number of rotatable bonds is 6. The Morgan fingerprint density at radius 2 is 2.06 bits per heavy atom. The van der Waals surface area contributed by atoms with Crippen molar-refractivity contribution in [2.24, 2.45) is 0 Å². The fraction of sp³-hybridized carbons (Fsp3) is 0.381. The second-order valence-corrected chi connectivity index (χ2v) is 7.53. The average Bonchev–Trinajstić information content (AvgIpc) is 3.43. The lowest BCUT2D eigenvalue weighted by Crippen LogP contribution is -2.26. The summed E-state index contributed by atoms with van der Waals surface area (Å²) in [5, 5.41) is 20.2. The second-order valence-electron chi connectivity index (χ2n) is 7.53. The van der Waals surface area contributed by atoms with E-state index in [-0.39, 0.29) is 6.61 Å². The third-order valence-electron chi connectivity index (χ3n) is 5.42. The van der Waals surface area contributed by atoms with Crippen LogP contribution in [0.15, 0.2) is 35.0 Å². The summed E-state index contributed by atoms with van der Waals surface area (Å²) in [5.74, 6) is 2.49. The van der Waals surface area contributed by atoms with Gasteiger partial charge < -0.3 is 19.3 Å². The number of hydrogen-bond donors (Lipinski definition) is 1. The van der Waals surface area contributed by atoms with E-state index in [0.717, 1.165) is 31.6 Å². The van der Waals surface area contributed by atoms with E-state index in [2.05, 4.69) is 36.8 Å². The molecule has 31 heavy (non-hydrogen) atoms. The summed E-state index contributed by atoms with van der Waals surface area (Å²) in [6.45, 7) is 4.20. The molecule has 0 unspecified atom stereocenters. The molecule has 1 saturated heterocycles. The maximum atomic E-state index is 5.94. The van der Waals surface area contributed by atoms with Gasteiger partial charge in [0.25, 0.3) is 5.88 Å². The molecule has 0 radical (unpaired) electrons. The van der Waals surface area contributed by atoms with Gasteiger partial charge in [-0.15, -0.1) is 15.3 Å². The summed E-state index contributed by atoms with van der Waals surface area (Å²) in [6, 6.07) is 7.64. The molecule has 0 atom stereocenters. The number of nitrogens with one attached hydrogen (secondary N) is 1. The molecular formula is C21H23N7O3. The van der Waals surface area contributed by atoms with E-state index >= 15 is 0 Å². The van der Waals surface area contributed by atoms with Crippen LogP contribution in [0.4, 0.5) is 0 Å². The zero-order valence-corrected chi connectivity index (χ0v) is 17.4. The summed E-state index contributed by atoms with van der Waals surface area (Å²) in [7, 11) is 1.56. The fourth-order valence-electron chi connectivity index (χ4n) is 3.74. The number of aromatic nitrogens is 6. The Morgan fingerprint density at radius 3 is 2.77 bits per heavy atom. The van der Waals surface area contributed by atoms with Crippen molar-refractivity contribution in [3.05, 3.63) is 47.5 Å². The molecule has 1 fully saturated rings. The van der Waals surface area contributed by atoms with Crippen LogP contribution in [-0.4, -0.2) is 50.2 Å². The summed E-state index contributed by atoms with van der Waals surface area (Å²) >= 11 is 0. The first kappa shape index (κ1) is 19.4. The largest absolute Gasteiger partial charge is 0.491 e. The minimum absolute atomic E-state index is 0.266. The minimum Gasteiger partial charge on any atom is -0.491 e. The van der Waals surface area contributed by atoms with Crippen LogP contribution in [-0.2, 0) is 6.61 Å². The van der Waals surface area contributed by atoms with Crippen LogP contribution < -0.4 is 14.8 Å². The van der Waals surface area contributed by atoms with Crippen LogP contribution in [0.5, 0.6) is 11.6 Å². The maximum absolute atomic E-state index is 5.94. The third-order valence-corrected chi connectivity index (χ3v) is 5.42. The van der Waals surface area contributed by atoms with Gasteiger partial charge in [-0.2, -0.15) is 4.52 Å². The quantitative estimate of drug-likeness (QED) is 0.502. The molecule has 10 nitrogen and oxygen atoms in total. The SMILES string of the molecule is COc1cc2nnc(-c3cc(C)on3)n2nc1OCc1ccc(C2CCNCC2)cn1. The Morgan fingerprint density at radius 1 is 1.19 bits per heavy atom. The molecule has 0 bridgehead atoms. The number of ether oxygens (including phenoxy) is 2. The van der Waals surface area contributed by atoms with Crippen molar-refractivity contribution < 1.29 is 14.0 Å². The molecule has 0 aliphatic carbocycles. The molecule has 5 rings (SSSR count). The summed E-state index contributed by atoms with van der Waals surface area (Å²) in [4.78, 5) is 4.58. The predicted molar refractivity (Wildman–Crippen MR) is 111 cm³/mol. The number of pyridine rings is 1. The van der Waals surface area contributed by atoms with Crippen LogP contribution in [0.2, 0.25) is 0 Å². The van der Waals surface area contributed by atoms with Crippen LogP contribution in [0.25, 0.3) is 17.2 Å². The van der Waals surface area contributed by atoms with Gasteiger partial charge in [0.1, 0.15) is 12.4 Å². The molecule has 0 amide bonds. The number of aryl methyl sites for hydroxylation is 1. The number of nitrogens with zero attached hydrogens (tertiary/aromatic N) is 6. The van der Waals surface area contributed by atoms with Crippen molar-refractivity contribution in [1.29, 1.82) is 0 Å². The van der Waals surface area contributed by atoms with Crippen molar-refractivity contribution in [2.75, 3.05) is 20.2 Å². The summed E-state index contributed by atoms with van der Waals surface area (Å²) < 4.78 is 18.1. The zero-order valence-electron chi connectivity index (χ0n) is 17.4. The first-order chi connectivity index (χ1) is 15.2. The highest BCUT2D eigenvalue weighted by atomic mass is 16.5. The van der Waals surface area contributed by atoms with Crippen LogP contribution >= 0.6 is 0 Å². The van der Waals surface area contributed by atoms with Crippen molar-refractivity contribution >= 4 is 5.65 Å². The monoisotopic (exact) mass is 421 g/mol. The van der Waals surface area contributed by atoms with Gasteiger partial charge in [-0.3, -0.25) is 4.98 Å². The van der Waals surface area contributed by atoms with E-state index in [4.69, 9.17) is 14.0 Å². The average molecular weight is 421 g/mol. The topological polar surface area (TPSA) is 112 Å². The van der Waals surface area contributed by atoms with Crippen molar-refractivity contribution in [3.63, 3.8) is 0 Å². The highest BCUT2D eigenvalue weighted by Gasteiger charge is 2.18. The van der Waals surface area contributed by atoms with E-state index < -0.39 is 0 Å². The molecular weight excluding hydrogens is 398 g/mol. The Bertz CT molecular complexity index is 1180. The van der Waals surface area contributed by atoms with Crippen molar-refractivity contribution in [1.82, 2.24) is 35.3 Å². The van der Waals surface area contributed by atoms with Gasteiger partial charge >= 0.3 is 0 Å². The lowest BCUT2D eigenvalue weighted by molar-refractivity contribution is 0.264. The van der Waals surface area contributed by atoms with Gasteiger partial charge in [-0.05, 0) is 50.4 Å². The lowest BCUT2D eigenvalue weighted by atomic mass is 9.91. The Labute approximate surface area is 178 Å². The molecule has 1 aliphatic heterocycles. The predicted octanol–water partition coefficient (Wildman–Crippen LogP) is 2.54. The number of methoxy groups -OCH3 is 1. The first-order valence-electron chi connectivity index (χ1n) is 10.2. The number of hydrogen-bond acceptors (Lipinski definition) is 9. The zero-order chi connectivity index (χ0) is 21.2. The van der Waals surface area contributed by atoms with Gasteiger partial charge in [0, 0.05) is 18.3 Å². The normalized spacial score (nSPS) is 14.8. The molecule has 1 aliphatic rings. The molecule has 1 N–H and O–H groups in total. The van der Waals surface area contributed by atoms with E-state index in [1.165, 1.54) is 5.56 Å². The number of fused-ring (bicyclic) bond motifs is 1. The van der Waals surface area contributed by atoms with Gasteiger partial charge in [0.2, 0.25) is 5.82 Å². The Balaban J connectivity index is 1.36. The maximum Gasteiger partial charge on any atom is 0.275 e. The van der Waals surface area contributed by atoms with Gasteiger partial charge in [0.15, 0.2) is 17.1 Å². The van der Waals surface area contributed by atoms with Crippen LogP contribution in [0.3, 0.4) is 0 Å². The standard InChI is InChI=1S/C21H23N7O3/c1-13-9-17(27-31-13)20-25-24-19-10-18(29-2)21(26-28(19)20)30-12-16-4-3-15(11-23-16)14-5-7-22-8-6-14/h3-4,9-11,14,22H,5-8,12H2,1-2H3. The van der Waals surface area contributed by atoms with Crippen molar-refractivity contribution in [2.45, 2.75) is 32.3 Å². The van der Waals surface area contributed by atoms with Gasteiger partial charge in [-0.1, -0.05) is 11.2 Å². The molecule has 10 heteroatoms. The highest BCUT2D eigenvalue weighted by Crippen LogP contribution is 2.28. The first-order valence-corrected chi connectivity index (χ1v) is 10.2. The van der Waals surface area contributed by atoms with Crippen molar-refractivity contribution in [3.8, 4) is 23.1 Å². The number of piperidine rings is 1. The van der Waals surface area contributed by atoms with Gasteiger partial charge in [-0.25, -0.2) is 0 Å². The lowest BCUT2D eigenvalue weighted by Gasteiger charge is -2.22. The molecule has 160 valence electrons. The Kier molecular flexibility index (Phi) is 5.21. The smallest absolute Gasteiger partial charge is 0.275 e. The molecule has 0 saturated carbocycles. The van der Waals surface area contributed by atoms with Crippen LogP contribution in [0.1, 0.15) is 35.8 Å². The summed E-state index contributed by atoms with van der Waals surface area (Å²) in [6.07, 6.45) is 4.24. The molecule has 5 heterocycles. The molecule has 4 aromatic heterocycles. The highest BCUT2D eigenvalue weighted by molar-refractivity contribution is 5.56. The molecule has 0 aromatic carbocycles. The van der Waals surface area contributed by atoms with E-state index in [9.17, 15) is 0 Å². The van der Waals surface area contributed by atoms with E-state index in [1.54, 1.807) is 23.8 Å². The van der Waals surface area contributed by atoms with E-state index in [0.29, 0.717) is 40.5 Å². The van der Waals surface area contributed by atoms with Gasteiger partial charge in [0.05, 0.1) is 12.8 Å².